The Kier molecular flexibility index (Phi) is 4.56. The van der Waals surface area contributed by atoms with Gasteiger partial charge in [-0.1, -0.05) is 6.42 Å². The van der Waals surface area contributed by atoms with Gasteiger partial charge in [0.2, 0.25) is 0 Å². The van der Waals surface area contributed by atoms with Gasteiger partial charge in [0.25, 0.3) is 0 Å². The van der Waals surface area contributed by atoms with E-state index in [1.165, 1.54) is 6.07 Å². The molecule has 1 N–H and O–H groups in total. The molecule has 1 atom stereocenters. The minimum atomic E-state index is -4.48. The summed E-state index contributed by atoms with van der Waals surface area (Å²) < 4.78 is 37.2. The molecule has 0 aliphatic heterocycles. The maximum atomic E-state index is 12.4. The highest BCUT2D eigenvalue weighted by Gasteiger charge is 2.42. The maximum Gasteiger partial charge on any atom is 0.405 e. The molecule has 1 fully saturated rings. The molecule has 3 nitrogen and oxygen atoms in total. The molecule has 1 unspecified atom stereocenters. The average Bonchev–Trinajstić information content (AvgIpc) is 2.09. The monoisotopic (exact) mass is 236 g/mol. The zero-order valence-corrected chi connectivity index (χ0v) is 8.87. The smallest absolute Gasteiger partial charge is 0.395 e. The molecular weight excluding hydrogens is 221 g/mol. The lowest BCUT2D eigenvalue weighted by atomic mass is 9.90. The van der Waals surface area contributed by atoms with Gasteiger partial charge in [-0.25, -0.2) is 0 Å². The quantitative estimate of drug-likeness (QED) is 0.787. The molecule has 1 aliphatic rings. The predicted molar refractivity (Wildman–Crippen MR) is 51.5 cm³/mol. The summed E-state index contributed by atoms with van der Waals surface area (Å²) in [5, 5.41) is 17.3. The van der Waals surface area contributed by atoms with Gasteiger partial charge in [-0.15, -0.1) is 0 Å². The van der Waals surface area contributed by atoms with Crippen LogP contribution >= 0.6 is 0 Å². The fourth-order valence-corrected chi connectivity index (χ4v) is 1.76. The molecule has 1 aliphatic carbocycles. The van der Waals surface area contributed by atoms with E-state index in [2.05, 4.69) is 0 Å². The largest absolute Gasteiger partial charge is 0.405 e. The van der Waals surface area contributed by atoms with Crippen LogP contribution in [0.3, 0.4) is 0 Å². The average molecular weight is 236 g/mol. The van der Waals surface area contributed by atoms with Crippen molar-refractivity contribution >= 4 is 0 Å². The van der Waals surface area contributed by atoms with Gasteiger partial charge in [0.15, 0.2) is 5.92 Å². The molecule has 6 heteroatoms. The minimum absolute atomic E-state index is 0.102. The molecule has 0 spiro atoms. The lowest BCUT2D eigenvalue weighted by Gasteiger charge is -2.38. The number of aliphatic hydroxyl groups excluding tert-OH is 1. The van der Waals surface area contributed by atoms with Crippen LogP contribution in [-0.2, 0) is 0 Å². The van der Waals surface area contributed by atoms with E-state index in [0.717, 1.165) is 19.3 Å². The van der Waals surface area contributed by atoms with Crippen LogP contribution in [0.4, 0.5) is 13.2 Å². The maximum absolute atomic E-state index is 12.4. The Labute approximate surface area is 92.5 Å². The van der Waals surface area contributed by atoms with Crippen LogP contribution < -0.4 is 0 Å². The third-order valence-electron chi connectivity index (χ3n) is 2.95. The molecule has 0 radical (unpaired) electrons. The van der Waals surface area contributed by atoms with Crippen molar-refractivity contribution in [1.29, 1.82) is 5.26 Å². The van der Waals surface area contributed by atoms with Crippen LogP contribution in [0.2, 0.25) is 0 Å². The van der Waals surface area contributed by atoms with Gasteiger partial charge >= 0.3 is 6.18 Å². The zero-order valence-electron chi connectivity index (χ0n) is 8.87. The lowest BCUT2D eigenvalue weighted by Crippen LogP contribution is -2.46. The first-order valence-electron chi connectivity index (χ1n) is 5.30. The highest BCUT2D eigenvalue weighted by atomic mass is 19.4. The Balaban J connectivity index is 2.55. The summed E-state index contributed by atoms with van der Waals surface area (Å²) in [7, 11) is 0. The first-order valence-corrected chi connectivity index (χ1v) is 5.30. The van der Waals surface area contributed by atoms with Crippen molar-refractivity contribution in [1.82, 2.24) is 4.90 Å². The second-order valence-corrected chi connectivity index (χ2v) is 4.03. The number of hydrogen-bond acceptors (Lipinski definition) is 3. The van der Waals surface area contributed by atoms with Crippen molar-refractivity contribution in [2.24, 2.45) is 5.92 Å². The molecule has 0 aromatic rings. The number of rotatable bonds is 5. The normalized spacial score (nSPS) is 19.2. The molecule has 0 amide bonds. The molecule has 0 aromatic carbocycles. The van der Waals surface area contributed by atoms with Gasteiger partial charge in [-0.3, -0.25) is 4.90 Å². The Morgan fingerprint density at radius 1 is 1.44 bits per heavy atom. The molecule has 0 bridgehead atoms. The number of nitrogens with zero attached hydrogens (tertiary/aromatic N) is 2. The van der Waals surface area contributed by atoms with E-state index in [1.54, 1.807) is 4.90 Å². The van der Waals surface area contributed by atoms with E-state index < -0.39 is 12.1 Å². The SMILES string of the molecule is N#CC(CN(CCO)C1CCC1)C(F)(F)F. The van der Waals surface area contributed by atoms with E-state index in [0.29, 0.717) is 0 Å². The molecular formula is C10H15F3N2O. The summed E-state index contributed by atoms with van der Waals surface area (Å²) in [6, 6.07) is 1.39. The number of halogens is 3. The van der Waals surface area contributed by atoms with Crippen molar-refractivity contribution < 1.29 is 18.3 Å². The van der Waals surface area contributed by atoms with E-state index in [9.17, 15) is 13.2 Å². The number of nitriles is 1. The van der Waals surface area contributed by atoms with Gasteiger partial charge < -0.3 is 5.11 Å². The van der Waals surface area contributed by atoms with E-state index in [4.69, 9.17) is 10.4 Å². The van der Waals surface area contributed by atoms with Gasteiger partial charge in [0, 0.05) is 19.1 Å². The molecule has 1 rings (SSSR count). The van der Waals surface area contributed by atoms with Gasteiger partial charge in [-0.05, 0) is 12.8 Å². The van der Waals surface area contributed by atoms with Crippen molar-refractivity contribution in [3.05, 3.63) is 0 Å². The van der Waals surface area contributed by atoms with Gasteiger partial charge in [0.05, 0.1) is 12.7 Å². The van der Waals surface area contributed by atoms with Gasteiger partial charge in [-0.2, -0.15) is 18.4 Å². The molecule has 16 heavy (non-hydrogen) atoms. The van der Waals surface area contributed by atoms with Crippen molar-refractivity contribution in [3.63, 3.8) is 0 Å². The fourth-order valence-electron chi connectivity index (χ4n) is 1.76. The standard InChI is InChI=1S/C10H15F3N2O/c11-10(12,13)8(6-14)7-15(4-5-16)9-2-1-3-9/h8-9,16H,1-5,7H2. The summed E-state index contributed by atoms with van der Waals surface area (Å²) in [5.41, 5.74) is 0. The second kappa shape index (κ2) is 5.51. The Morgan fingerprint density at radius 3 is 2.38 bits per heavy atom. The van der Waals surface area contributed by atoms with Crippen LogP contribution in [0.25, 0.3) is 0 Å². The molecule has 0 saturated heterocycles. The van der Waals surface area contributed by atoms with E-state index in [1.807, 2.05) is 0 Å². The first kappa shape index (κ1) is 13.3. The minimum Gasteiger partial charge on any atom is -0.395 e. The van der Waals surface area contributed by atoms with Crippen molar-refractivity contribution in [2.75, 3.05) is 19.7 Å². The highest BCUT2D eigenvalue weighted by molar-refractivity contribution is 4.93. The number of alkyl halides is 3. The van der Waals surface area contributed by atoms with Gasteiger partial charge in [0.1, 0.15) is 0 Å². The zero-order chi connectivity index (χ0) is 12.2. The Bertz CT molecular complexity index is 258. The van der Waals surface area contributed by atoms with E-state index in [-0.39, 0.29) is 25.7 Å². The predicted octanol–water partition coefficient (Wildman–Crippen LogP) is 1.54. The Hall–Kier alpha value is -0.800. The lowest BCUT2D eigenvalue weighted by molar-refractivity contribution is -0.165. The molecule has 0 heterocycles. The highest BCUT2D eigenvalue weighted by Crippen LogP contribution is 2.30. The van der Waals surface area contributed by atoms with Crippen LogP contribution in [-0.4, -0.2) is 41.9 Å². The topological polar surface area (TPSA) is 47.3 Å². The molecule has 92 valence electrons. The van der Waals surface area contributed by atoms with Crippen LogP contribution in [0.1, 0.15) is 19.3 Å². The third kappa shape index (κ3) is 3.35. The summed E-state index contributed by atoms with van der Waals surface area (Å²) in [5.74, 6) is -1.96. The van der Waals surface area contributed by atoms with Crippen molar-refractivity contribution in [2.45, 2.75) is 31.5 Å². The summed E-state index contributed by atoms with van der Waals surface area (Å²) >= 11 is 0. The second-order valence-electron chi connectivity index (χ2n) is 4.03. The summed E-state index contributed by atoms with van der Waals surface area (Å²) in [6.07, 6.45) is -1.76. The molecule has 1 saturated carbocycles. The molecule has 0 aromatic heterocycles. The first-order chi connectivity index (χ1) is 7.49. The van der Waals surface area contributed by atoms with Crippen LogP contribution in [0, 0.1) is 17.2 Å². The third-order valence-corrected chi connectivity index (χ3v) is 2.95. The van der Waals surface area contributed by atoms with E-state index >= 15 is 0 Å². The summed E-state index contributed by atoms with van der Waals surface area (Å²) in [4.78, 5) is 1.57. The summed E-state index contributed by atoms with van der Waals surface area (Å²) in [6.45, 7) is -0.295. The number of hydrogen-bond donors (Lipinski definition) is 1. The van der Waals surface area contributed by atoms with Crippen LogP contribution in [0.15, 0.2) is 0 Å². The van der Waals surface area contributed by atoms with Crippen LogP contribution in [0.5, 0.6) is 0 Å². The number of aliphatic hydroxyl groups is 1. The fraction of sp³-hybridized carbons (Fsp3) is 0.900. The van der Waals surface area contributed by atoms with Crippen molar-refractivity contribution in [3.8, 4) is 6.07 Å². The Morgan fingerprint density at radius 2 is 2.06 bits per heavy atom.